The Kier molecular flexibility index (Phi) is 6.91. The number of hydrogen-bond donors (Lipinski definition) is 4. The molecule has 1 heterocycles. The fourth-order valence-corrected chi connectivity index (χ4v) is 3.38. The van der Waals surface area contributed by atoms with Crippen LogP contribution in [0.1, 0.15) is 5.56 Å². The molecule has 24 heavy (non-hydrogen) atoms. The van der Waals surface area contributed by atoms with E-state index in [2.05, 4.69) is 5.09 Å². The molecule has 9 heteroatoms. The van der Waals surface area contributed by atoms with E-state index in [0.29, 0.717) is 6.61 Å². The average molecular weight is 361 g/mol. The van der Waals surface area contributed by atoms with Crippen LogP contribution in [-0.2, 0) is 25.4 Å². The highest BCUT2D eigenvalue weighted by atomic mass is 31.2. The van der Waals surface area contributed by atoms with Gasteiger partial charge < -0.3 is 29.3 Å². The molecule has 0 amide bonds. The van der Waals surface area contributed by atoms with Gasteiger partial charge >= 0.3 is 0 Å². The zero-order chi connectivity index (χ0) is 17.7. The normalized spacial score (nSPS) is 33.1. The third kappa shape index (κ3) is 5.34. The fourth-order valence-electron chi connectivity index (χ4n) is 2.55. The summed E-state index contributed by atoms with van der Waals surface area (Å²) < 4.78 is 27.7. The molecule has 1 aromatic rings. The van der Waals surface area contributed by atoms with Crippen LogP contribution in [-0.4, -0.2) is 66.1 Å². The van der Waals surface area contributed by atoms with Crippen molar-refractivity contribution in [2.45, 2.75) is 37.3 Å². The number of hydrogen-bond acceptors (Lipinski definition) is 6. The minimum Gasteiger partial charge on any atom is -0.388 e. The number of methoxy groups -OCH3 is 1. The summed E-state index contributed by atoms with van der Waals surface area (Å²) in [4.78, 5) is 9.44. The Labute approximate surface area is 140 Å². The molecule has 1 saturated heterocycles. The Morgan fingerprint density at radius 3 is 2.50 bits per heavy atom. The first-order valence-corrected chi connectivity index (χ1v) is 9.66. The number of benzene rings is 1. The van der Waals surface area contributed by atoms with Crippen molar-refractivity contribution in [3.05, 3.63) is 35.9 Å². The molecule has 0 radical (unpaired) electrons. The van der Waals surface area contributed by atoms with Crippen molar-refractivity contribution < 1.29 is 33.9 Å². The predicted molar refractivity (Wildman–Crippen MR) is 86.5 cm³/mol. The van der Waals surface area contributed by atoms with E-state index in [-0.39, 0.29) is 6.61 Å². The van der Waals surface area contributed by atoms with Gasteiger partial charge in [-0.25, -0.2) is 5.09 Å². The predicted octanol–water partition coefficient (Wildman–Crippen LogP) is 0.0697. The minimum atomic E-state index is -3.64. The molecule has 136 valence electrons. The molecule has 3 unspecified atom stereocenters. The van der Waals surface area contributed by atoms with Gasteiger partial charge in [-0.1, -0.05) is 30.3 Å². The zero-order valence-electron chi connectivity index (χ0n) is 13.6. The van der Waals surface area contributed by atoms with E-state index >= 15 is 0 Å². The number of aliphatic hydroxyl groups is 2. The first-order chi connectivity index (χ1) is 11.3. The summed E-state index contributed by atoms with van der Waals surface area (Å²) in [5.74, 6) is 0. The van der Waals surface area contributed by atoms with Gasteiger partial charge in [0.15, 0.2) is 6.29 Å². The molecular weight excluding hydrogens is 337 g/mol. The summed E-state index contributed by atoms with van der Waals surface area (Å²) in [6, 6.07) is 8.47. The summed E-state index contributed by atoms with van der Waals surface area (Å²) in [5.41, 5.74) is 0.971. The highest BCUT2D eigenvalue weighted by Crippen LogP contribution is 2.34. The topological polar surface area (TPSA) is 117 Å². The lowest BCUT2D eigenvalue weighted by Crippen LogP contribution is -2.63. The van der Waals surface area contributed by atoms with Crippen LogP contribution in [0.2, 0.25) is 0 Å². The lowest BCUT2D eigenvalue weighted by atomic mass is 9.98. The highest BCUT2D eigenvalue weighted by Gasteiger charge is 2.46. The van der Waals surface area contributed by atoms with Crippen molar-refractivity contribution in [1.29, 1.82) is 0 Å². The first-order valence-electron chi connectivity index (χ1n) is 7.56. The molecule has 8 nitrogen and oxygen atoms in total. The van der Waals surface area contributed by atoms with Gasteiger partial charge in [0.25, 0.3) is 7.52 Å². The van der Waals surface area contributed by atoms with Crippen LogP contribution in [0.3, 0.4) is 0 Å². The largest absolute Gasteiger partial charge is 0.388 e. The van der Waals surface area contributed by atoms with Crippen LogP contribution in [0, 0.1) is 0 Å². The maximum absolute atomic E-state index is 11.5. The van der Waals surface area contributed by atoms with Crippen molar-refractivity contribution in [2.75, 3.05) is 20.4 Å². The van der Waals surface area contributed by atoms with Crippen LogP contribution in [0.25, 0.3) is 0 Å². The maximum atomic E-state index is 11.5. The Morgan fingerprint density at radius 2 is 1.92 bits per heavy atom. The van der Waals surface area contributed by atoms with E-state index in [1.54, 1.807) is 0 Å². The van der Waals surface area contributed by atoms with Gasteiger partial charge in [0.1, 0.15) is 18.3 Å². The molecule has 0 spiro atoms. The lowest BCUT2D eigenvalue weighted by Gasteiger charge is -2.42. The summed E-state index contributed by atoms with van der Waals surface area (Å²) in [6.07, 6.45) is -4.43. The van der Waals surface area contributed by atoms with Gasteiger partial charge in [-0.3, -0.25) is 4.57 Å². The van der Waals surface area contributed by atoms with Crippen LogP contribution in [0.15, 0.2) is 30.3 Å². The average Bonchev–Trinajstić information content (AvgIpc) is 2.54. The van der Waals surface area contributed by atoms with E-state index < -0.39 is 38.2 Å². The molecule has 4 N–H and O–H groups in total. The summed E-state index contributed by atoms with van der Waals surface area (Å²) >= 11 is 0. The second-order valence-electron chi connectivity index (χ2n) is 5.79. The molecule has 0 aromatic heterocycles. The number of aliphatic hydroxyl groups excluding tert-OH is 2. The lowest BCUT2D eigenvalue weighted by molar-refractivity contribution is -0.264. The van der Waals surface area contributed by atoms with Gasteiger partial charge in [0.05, 0.1) is 19.3 Å². The van der Waals surface area contributed by atoms with Crippen molar-refractivity contribution in [3.8, 4) is 0 Å². The molecule has 0 bridgehead atoms. The standard InChI is InChI=1S/C15H24NO7P/c1-21-15-12(16-24(2,19)20)14(18)13(17)11(23-15)9-22-8-10-6-4-3-5-7-10/h3-7,11-15,17-18H,8-9H2,1-2H3,(H2,16,19,20)/t11?,12-,13+,14?,15+/m0/s1. The molecule has 0 saturated carbocycles. The molecule has 6 atom stereocenters. The Balaban J connectivity index is 1.94. The fraction of sp³-hybridized carbons (Fsp3) is 0.600. The van der Waals surface area contributed by atoms with Crippen LogP contribution in [0.4, 0.5) is 0 Å². The van der Waals surface area contributed by atoms with E-state index in [4.69, 9.17) is 14.2 Å². The van der Waals surface area contributed by atoms with Gasteiger partial charge in [0, 0.05) is 13.8 Å². The van der Waals surface area contributed by atoms with Crippen molar-refractivity contribution in [1.82, 2.24) is 5.09 Å². The van der Waals surface area contributed by atoms with Gasteiger partial charge in [-0.2, -0.15) is 0 Å². The summed E-state index contributed by atoms with van der Waals surface area (Å²) in [6.45, 7) is 1.47. The van der Waals surface area contributed by atoms with E-state index in [1.807, 2.05) is 30.3 Å². The SMILES string of the molecule is CO[C@@H]1OC(COCc2ccccc2)[C@@H](O)C(O)[C@@H]1NP(C)(=O)O. The van der Waals surface area contributed by atoms with E-state index in [1.165, 1.54) is 7.11 Å². The van der Waals surface area contributed by atoms with Gasteiger partial charge in [-0.05, 0) is 5.56 Å². The van der Waals surface area contributed by atoms with Gasteiger partial charge in [0.2, 0.25) is 0 Å². The molecule has 0 aliphatic carbocycles. The molecule has 1 aromatic carbocycles. The third-order valence-corrected chi connectivity index (χ3v) is 4.49. The third-order valence-electron chi connectivity index (χ3n) is 3.72. The highest BCUT2D eigenvalue weighted by molar-refractivity contribution is 7.55. The monoisotopic (exact) mass is 361 g/mol. The van der Waals surface area contributed by atoms with Crippen molar-refractivity contribution in [3.63, 3.8) is 0 Å². The van der Waals surface area contributed by atoms with Gasteiger partial charge in [-0.15, -0.1) is 0 Å². The van der Waals surface area contributed by atoms with Crippen molar-refractivity contribution >= 4 is 7.52 Å². The van der Waals surface area contributed by atoms with Crippen molar-refractivity contribution in [2.24, 2.45) is 0 Å². The molecular formula is C15H24NO7P. The second kappa shape index (κ2) is 8.51. The smallest absolute Gasteiger partial charge is 0.264 e. The number of ether oxygens (including phenoxy) is 3. The minimum absolute atomic E-state index is 0.0443. The zero-order valence-corrected chi connectivity index (χ0v) is 14.5. The Bertz CT molecular complexity index is 550. The van der Waals surface area contributed by atoms with E-state index in [0.717, 1.165) is 12.2 Å². The molecule has 1 fully saturated rings. The summed E-state index contributed by atoms with van der Waals surface area (Å²) in [7, 11) is -2.29. The number of nitrogens with one attached hydrogen (secondary N) is 1. The Hall–Kier alpha value is -0.830. The second-order valence-corrected chi connectivity index (χ2v) is 7.81. The molecule has 2 rings (SSSR count). The summed E-state index contributed by atoms with van der Waals surface area (Å²) in [5, 5.41) is 22.8. The molecule has 1 aliphatic rings. The Morgan fingerprint density at radius 1 is 1.25 bits per heavy atom. The maximum Gasteiger partial charge on any atom is 0.264 e. The van der Waals surface area contributed by atoms with Crippen LogP contribution >= 0.6 is 7.52 Å². The quantitative estimate of drug-likeness (QED) is 0.504. The number of rotatable bonds is 7. The van der Waals surface area contributed by atoms with Crippen LogP contribution < -0.4 is 5.09 Å². The van der Waals surface area contributed by atoms with E-state index in [9.17, 15) is 19.7 Å². The first kappa shape index (κ1) is 19.5. The van der Waals surface area contributed by atoms with Crippen LogP contribution in [0.5, 0.6) is 0 Å². The molecule has 1 aliphatic heterocycles.